The van der Waals surface area contributed by atoms with Gasteiger partial charge in [-0.2, -0.15) is 0 Å². The summed E-state index contributed by atoms with van der Waals surface area (Å²) in [6.07, 6.45) is 5.09. The Balaban J connectivity index is 2.36. The number of hydrogen-bond acceptors (Lipinski definition) is 2. The lowest BCUT2D eigenvalue weighted by Gasteiger charge is -2.34. The van der Waals surface area contributed by atoms with Crippen molar-refractivity contribution >= 4 is 17.3 Å². The zero-order valence-electron chi connectivity index (χ0n) is 11.9. The number of benzene rings is 1. The van der Waals surface area contributed by atoms with Crippen molar-refractivity contribution in [3.8, 4) is 0 Å². The van der Waals surface area contributed by atoms with Crippen LogP contribution in [-0.2, 0) is 6.61 Å². The van der Waals surface area contributed by atoms with Gasteiger partial charge in [-0.3, -0.25) is 0 Å². The Hall–Kier alpha value is -0.730. The van der Waals surface area contributed by atoms with E-state index in [9.17, 15) is 5.11 Å². The SMILES string of the molecule is CC(C)CN(c1c(Cl)cccc1CO)C1CCCC1. The van der Waals surface area contributed by atoms with E-state index < -0.39 is 0 Å². The molecular weight excluding hydrogens is 258 g/mol. The summed E-state index contributed by atoms with van der Waals surface area (Å²) >= 11 is 6.41. The molecule has 0 bridgehead atoms. The van der Waals surface area contributed by atoms with E-state index >= 15 is 0 Å². The fourth-order valence-electron chi connectivity index (χ4n) is 3.04. The van der Waals surface area contributed by atoms with Gasteiger partial charge in [-0.25, -0.2) is 0 Å². The third-order valence-electron chi connectivity index (χ3n) is 3.86. The fourth-order valence-corrected chi connectivity index (χ4v) is 3.34. The van der Waals surface area contributed by atoms with Crippen LogP contribution >= 0.6 is 11.6 Å². The Morgan fingerprint density at radius 3 is 2.58 bits per heavy atom. The van der Waals surface area contributed by atoms with Gasteiger partial charge < -0.3 is 10.0 Å². The number of aliphatic hydroxyl groups excluding tert-OH is 1. The van der Waals surface area contributed by atoms with Crippen molar-refractivity contribution in [1.29, 1.82) is 0 Å². The van der Waals surface area contributed by atoms with Crippen LogP contribution in [0.15, 0.2) is 18.2 Å². The van der Waals surface area contributed by atoms with Crippen LogP contribution in [0.3, 0.4) is 0 Å². The molecule has 0 radical (unpaired) electrons. The van der Waals surface area contributed by atoms with Crippen molar-refractivity contribution in [2.45, 2.75) is 52.2 Å². The van der Waals surface area contributed by atoms with Crippen LogP contribution in [0.4, 0.5) is 5.69 Å². The van der Waals surface area contributed by atoms with Crippen LogP contribution in [0, 0.1) is 5.92 Å². The minimum Gasteiger partial charge on any atom is -0.392 e. The molecule has 0 unspecified atom stereocenters. The van der Waals surface area contributed by atoms with E-state index in [0.717, 1.165) is 22.8 Å². The maximum atomic E-state index is 9.58. The standard InChI is InChI=1S/C16H24ClNO/c1-12(2)10-18(14-7-3-4-8-14)16-13(11-19)6-5-9-15(16)17/h5-6,9,12,14,19H,3-4,7-8,10-11H2,1-2H3. The maximum absolute atomic E-state index is 9.58. The van der Waals surface area contributed by atoms with Crippen LogP contribution in [0.1, 0.15) is 45.1 Å². The Morgan fingerprint density at radius 1 is 1.32 bits per heavy atom. The van der Waals surface area contributed by atoms with E-state index in [4.69, 9.17) is 11.6 Å². The van der Waals surface area contributed by atoms with E-state index in [1.807, 2.05) is 18.2 Å². The summed E-state index contributed by atoms with van der Waals surface area (Å²) < 4.78 is 0. The highest BCUT2D eigenvalue weighted by atomic mass is 35.5. The van der Waals surface area contributed by atoms with Gasteiger partial charge in [0.15, 0.2) is 0 Å². The topological polar surface area (TPSA) is 23.5 Å². The minimum absolute atomic E-state index is 0.0528. The van der Waals surface area contributed by atoms with Crippen LogP contribution < -0.4 is 4.90 Å². The summed E-state index contributed by atoms with van der Waals surface area (Å²) in [6, 6.07) is 6.40. The molecule has 0 atom stereocenters. The number of halogens is 1. The molecule has 1 saturated carbocycles. The molecule has 1 aliphatic carbocycles. The van der Waals surface area contributed by atoms with Crippen LogP contribution in [0.5, 0.6) is 0 Å². The molecule has 1 aromatic carbocycles. The average Bonchev–Trinajstić information content (AvgIpc) is 2.89. The zero-order chi connectivity index (χ0) is 13.8. The van der Waals surface area contributed by atoms with Gasteiger partial charge in [-0.1, -0.05) is 50.4 Å². The maximum Gasteiger partial charge on any atom is 0.0702 e. The second kappa shape index (κ2) is 6.62. The molecule has 2 rings (SSSR count). The molecule has 0 saturated heterocycles. The first-order valence-corrected chi connectivity index (χ1v) is 7.66. The summed E-state index contributed by atoms with van der Waals surface area (Å²) in [4.78, 5) is 2.44. The van der Waals surface area contributed by atoms with Gasteiger partial charge in [-0.15, -0.1) is 0 Å². The van der Waals surface area contributed by atoms with Gasteiger partial charge in [0.25, 0.3) is 0 Å². The third kappa shape index (κ3) is 3.43. The molecule has 0 heterocycles. The lowest BCUT2D eigenvalue weighted by molar-refractivity contribution is 0.281. The molecule has 0 amide bonds. The quantitative estimate of drug-likeness (QED) is 0.873. The molecule has 1 aliphatic rings. The number of nitrogens with zero attached hydrogens (tertiary/aromatic N) is 1. The highest BCUT2D eigenvalue weighted by Gasteiger charge is 2.26. The predicted octanol–water partition coefficient (Wildman–Crippen LogP) is 4.24. The average molecular weight is 282 g/mol. The molecule has 106 valence electrons. The Bertz CT molecular complexity index is 413. The van der Waals surface area contributed by atoms with E-state index in [-0.39, 0.29) is 6.61 Å². The largest absolute Gasteiger partial charge is 0.392 e. The minimum atomic E-state index is 0.0528. The van der Waals surface area contributed by atoms with E-state index in [2.05, 4.69) is 18.7 Å². The van der Waals surface area contributed by atoms with Gasteiger partial charge >= 0.3 is 0 Å². The second-order valence-electron chi connectivity index (χ2n) is 5.89. The summed E-state index contributed by atoms with van der Waals surface area (Å²) in [5.74, 6) is 0.586. The van der Waals surface area contributed by atoms with Crippen LogP contribution in [0.2, 0.25) is 5.02 Å². The van der Waals surface area contributed by atoms with Crippen LogP contribution in [0.25, 0.3) is 0 Å². The van der Waals surface area contributed by atoms with E-state index in [1.165, 1.54) is 25.7 Å². The number of para-hydroxylation sites is 1. The van der Waals surface area contributed by atoms with Gasteiger partial charge in [0.2, 0.25) is 0 Å². The predicted molar refractivity (Wildman–Crippen MR) is 81.8 cm³/mol. The molecule has 3 heteroatoms. The van der Waals surface area contributed by atoms with E-state index in [0.29, 0.717) is 12.0 Å². The van der Waals surface area contributed by atoms with E-state index in [1.54, 1.807) is 0 Å². The Labute approximate surface area is 121 Å². The molecule has 1 fully saturated rings. The number of hydrogen-bond donors (Lipinski definition) is 1. The van der Waals surface area contributed by atoms with Gasteiger partial charge in [0, 0.05) is 18.2 Å². The van der Waals surface area contributed by atoms with Crippen molar-refractivity contribution in [3.05, 3.63) is 28.8 Å². The molecule has 19 heavy (non-hydrogen) atoms. The van der Waals surface area contributed by atoms with Gasteiger partial charge in [0.1, 0.15) is 0 Å². The lowest BCUT2D eigenvalue weighted by atomic mass is 10.1. The summed E-state index contributed by atoms with van der Waals surface area (Å²) in [5.41, 5.74) is 1.99. The number of rotatable bonds is 5. The Kier molecular flexibility index (Phi) is 5.12. The number of anilines is 1. The third-order valence-corrected chi connectivity index (χ3v) is 4.16. The van der Waals surface area contributed by atoms with Crippen molar-refractivity contribution in [2.75, 3.05) is 11.4 Å². The Morgan fingerprint density at radius 2 is 2.00 bits per heavy atom. The first kappa shape index (κ1) is 14.7. The summed E-state index contributed by atoms with van der Waals surface area (Å²) in [5, 5.41) is 10.3. The highest BCUT2D eigenvalue weighted by molar-refractivity contribution is 6.33. The van der Waals surface area contributed by atoms with Gasteiger partial charge in [0.05, 0.1) is 17.3 Å². The first-order chi connectivity index (χ1) is 9.13. The zero-order valence-corrected chi connectivity index (χ0v) is 12.7. The molecule has 0 spiro atoms. The van der Waals surface area contributed by atoms with Crippen molar-refractivity contribution in [3.63, 3.8) is 0 Å². The molecule has 1 aromatic rings. The summed E-state index contributed by atoms with van der Waals surface area (Å²) in [7, 11) is 0. The summed E-state index contributed by atoms with van der Waals surface area (Å²) in [6.45, 7) is 5.52. The number of aliphatic hydroxyl groups is 1. The first-order valence-electron chi connectivity index (χ1n) is 7.28. The normalized spacial score (nSPS) is 16.3. The van der Waals surface area contributed by atoms with Crippen molar-refractivity contribution in [1.82, 2.24) is 0 Å². The molecular formula is C16H24ClNO. The molecule has 0 aliphatic heterocycles. The second-order valence-corrected chi connectivity index (χ2v) is 6.30. The van der Waals surface area contributed by atoms with Crippen molar-refractivity contribution < 1.29 is 5.11 Å². The van der Waals surface area contributed by atoms with Gasteiger partial charge in [-0.05, 0) is 24.8 Å². The highest BCUT2D eigenvalue weighted by Crippen LogP contribution is 2.36. The fraction of sp³-hybridized carbons (Fsp3) is 0.625. The molecule has 0 aromatic heterocycles. The molecule has 1 N–H and O–H groups in total. The van der Waals surface area contributed by atoms with Crippen LogP contribution in [-0.4, -0.2) is 17.7 Å². The molecule has 2 nitrogen and oxygen atoms in total. The van der Waals surface area contributed by atoms with Crippen molar-refractivity contribution in [2.24, 2.45) is 5.92 Å². The smallest absolute Gasteiger partial charge is 0.0702 e. The lowest BCUT2D eigenvalue weighted by Crippen LogP contribution is -2.37. The monoisotopic (exact) mass is 281 g/mol.